The van der Waals surface area contributed by atoms with Crippen molar-refractivity contribution in [2.75, 3.05) is 43.4 Å². The maximum atomic E-state index is 12.4. The van der Waals surface area contributed by atoms with E-state index in [0.717, 1.165) is 43.2 Å². The van der Waals surface area contributed by atoms with Crippen molar-refractivity contribution in [2.24, 2.45) is 7.05 Å². The molecule has 3 rings (SSSR count). The van der Waals surface area contributed by atoms with Gasteiger partial charge < -0.3 is 19.7 Å². The van der Waals surface area contributed by atoms with Crippen LogP contribution in [0.25, 0.3) is 0 Å². The van der Waals surface area contributed by atoms with E-state index in [-0.39, 0.29) is 10.8 Å². The van der Waals surface area contributed by atoms with Crippen LogP contribution in [0.4, 0.5) is 11.4 Å². The first-order chi connectivity index (χ1) is 11.5. The molecule has 1 N–H and O–H groups in total. The number of likely N-dealkylation sites (N-methyl/N-ethyl adjacent to an activating group) is 1. The zero-order valence-electron chi connectivity index (χ0n) is 14.2. The van der Waals surface area contributed by atoms with Crippen molar-refractivity contribution in [3.05, 3.63) is 44.5 Å². The van der Waals surface area contributed by atoms with E-state index in [4.69, 9.17) is 0 Å². The van der Waals surface area contributed by atoms with E-state index in [9.17, 15) is 9.59 Å². The Morgan fingerprint density at radius 1 is 1.08 bits per heavy atom. The number of thiazole rings is 1. The van der Waals surface area contributed by atoms with Gasteiger partial charge in [0.05, 0.1) is 0 Å². The maximum absolute atomic E-state index is 12.4. The third-order valence-corrected chi connectivity index (χ3v) is 5.63. The number of rotatable bonds is 3. The standard InChI is InChI=1S/C17H22N4O2S/c1-12-15(24-17(23)20(12)3)16(22)18-13-4-6-14(7-5-13)21-10-8-19(2)9-11-21/h4-7H,8-11H2,1-3H3,(H,18,22). The minimum Gasteiger partial charge on any atom is -0.369 e. The summed E-state index contributed by atoms with van der Waals surface area (Å²) in [7, 11) is 3.81. The number of anilines is 2. The maximum Gasteiger partial charge on any atom is 0.307 e. The molecule has 1 saturated heterocycles. The van der Waals surface area contributed by atoms with E-state index in [1.807, 2.05) is 24.3 Å². The van der Waals surface area contributed by atoms with Crippen molar-refractivity contribution in [2.45, 2.75) is 6.92 Å². The van der Waals surface area contributed by atoms with Crippen molar-refractivity contribution < 1.29 is 4.79 Å². The molecule has 0 saturated carbocycles. The van der Waals surface area contributed by atoms with Crippen molar-refractivity contribution in [1.29, 1.82) is 0 Å². The Morgan fingerprint density at radius 2 is 1.71 bits per heavy atom. The number of nitrogens with zero attached hydrogens (tertiary/aromatic N) is 3. The van der Waals surface area contributed by atoms with Crippen molar-refractivity contribution in [3.63, 3.8) is 0 Å². The molecule has 0 aliphatic carbocycles. The highest BCUT2D eigenvalue weighted by atomic mass is 32.1. The SMILES string of the molecule is Cc1c(C(=O)Nc2ccc(N3CCN(C)CC3)cc2)sc(=O)n1C. The Morgan fingerprint density at radius 3 is 2.25 bits per heavy atom. The van der Waals surface area contributed by atoms with Gasteiger partial charge in [-0.25, -0.2) is 0 Å². The van der Waals surface area contributed by atoms with Crippen molar-refractivity contribution >= 4 is 28.6 Å². The van der Waals surface area contributed by atoms with Crippen LogP contribution < -0.4 is 15.1 Å². The second-order valence-corrected chi connectivity index (χ2v) is 7.09. The summed E-state index contributed by atoms with van der Waals surface area (Å²) >= 11 is 0.977. The molecule has 2 heterocycles. The number of hydrogen-bond donors (Lipinski definition) is 1. The van der Waals surface area contributed by atoms with Crippen LogP contribution in [0.5, 0.6) is 0 Å². The first kappa shape index (κ1) is 16.7. The molecule has 6 nitrogen and oxygen atoms in total. The van der Waals surface area contributed by atoms with Crippen molar-refractivity contribution in [1.82, 2.24) is 9.47 Å². The molecular formula is C17H22N4O2S. The lowest BCUT2D eigenvalue weighted by Crippen LogP contribution is -2.44. The molecule has 1 fully saturated rings. The molecule has 1 aromatic heterocycles. The molecule has 7 heteroatoms. The lowest BCUT2D eigenvalue weighted by molar-refractivity contribution is 0.102. The van der Waals surface area contributed by atoms with E-state index in [0.29, 0.717) is 10.6 Å². The number of benzene rings is 1. The molecule has 1 aliphatic heterocycles. The lowest BCUT2D eigenvalue weighted by Gasteiger charge is -2.34. The fourth-order valence-electron chi connectivity index (χ4n) is 2.74. The summed E-state index contributed by atoms with van der Waals surface area (Å²) in [6, 6.07) is 7.88. The van der Waals surface area contributed by atoms with Gasteiger partial charge >= 0.3 is 4.87 Å². The lowest BCUT2D eigenvalue weighted by atomic mass is 10.2. The number of amides is 1. The van der Waals surface area contributed by atoms with E-state index in [1.54, 1.807) is 14.0 Å². The second-order valence-electron chi connectivity index (χ2n) is 6.13. The number of aromatic nitrogens is 1. The van der Waals surface area contributed by atoms with E-state index in [2.05, 4.69) is 22.2 Å². The first-order valence-electron chi connectivity index (χ1n) is 7.97. The number of hydrogen-bond acceptors (Lipinski definition) is 5. The van der Waals surface area contributed by atoms with Gasteiger partial charge in [0.15, 0.2) is 0 Å². The zero-order chi connectivity index (χ0) is 17.3. The Hall–Kier alpha value is -2.12. The third kappa shape index (κ3) is 3.37. The molecule has 0 radical (unpaired) electrons. The molecule has 0 spiro atoms. The average Bonchev–Trinajstić information content (AvgIpc) is 2.84. The predicted molar refractivity (Wildman–Crippen MR) is 98.4 cm³/mol. The normalized spacial score (nSPS) is 15.5. The highest BCUT2D eigenvalue weighted by Crippen LogP contribution is 2.20. The van der Waals surface area contributed by atoms with Crippen LogP contribution in [0, 0.1) is 6.92 Å². The first-order valence-corrected chi connectivity index (χ1v) is 8.78. The van der Waals surface area contributed by atoms with Gasteiger partial charge in [0.2, 0.25) is 0 Å². The Kier molecular flexibility index (Phi) is 4.73. The Bertz CT molecular complexity index is 786. The summed E-state index contributed by atoms with van der Waals surface area (Å²) in [6.45, 7) is 5.93. The smallest absolute Gasteiger partial charge is 0.307 e. The Balaban J connectivity index is 1.69. The fraction of sp³-hybridized carbons (Fsp3) is 0.412. The molecule has 1 aliphatic rings. The Labute approximate surface area is 145 Å². The summed E-state index contributed by atoms with van der Waals surface area (Å²) in [5.41, 5.74) is 2.60. The van der Waals surface area contributed by atoms with Crippen molar-refractivity contribution in [3.8, 4) is 0 Å². The predicted octanol–water partition coefficient (Wildman–Crippen LogP) is 1.76. The monoisotopic (exact) mass is 346 g/mol. The quantitative estimate of drug-likeness (QED) is 0.920. The summed E-state index contributed by atoms with van der Waals surface area (Å²) < 4.78 is 1.50. The second kappa shape index (κ2) is 6.78. The van der Waals surface area contributed by atoms with Crippen LogP contribution >= 0.6 is 11.3 Å². The van der Waals surface area contributed by atoms with Gasteiger partial charge in [-0.15, -0.1) is 0 Å². The summed E-state index contributed by atoms with van der Waals surface area (Å²) in [5, 5.41) is 2.87. The molecule has 2 aromatic rings. The minimum absolute atomic E-state index is 0.122. The van der Waals surface area contributed by atoms with Crippen LogP contribution in [0.2, 0.25) is 0 Å². The molecule has 0 atom stereocenters. The summed E-state index contributed by atoms with van der Waals surface area (Å²) in [5.74, 6) is -0.234. The van der Waals surface area contributed by atoms with Gasteiger partial charge in [-0.3, -0.25) is 9.59 Å². The highest BCUT2D eigenvalue weighted by molar-refractivity contribution is 7.11. The van der Waals surface area contributed by atoms with Crippen LogP contribution in [0.15, 0.2) is 29.1 Å². The minimum atomic E-state index is -0.234. The van der Waals surface area contributed by atoms with Gasteiger partial charge in [-0.05, 0) is 38.2 Å². The third-order valence-electron chi connectivity index (χ3n) is 4.49. The van der Waals surface area contributed by atoms with Gasteiger partial charge in [0, 0.05) is 50.3 Å². The molecule has 24 heavy (non-hydrogen) atoms. The van der Waals surface area contributed by atoms with Crippen LogP contribution in [0.1, 0.15) is 15.4 Å². The van der Waals surface area contributed by atoms with Gasteiger partial charge in [0.1, 0.15) is 4.88 Å². The van der Waals surface area contributed by atoms with Crippen LogP contribution in [-0.2, 0) is 7.05 Å². The topological polar surface area (TPSA) is 57.6 Å². The molecular weight excluding hydrogens is 324 g/mol. The van der Waals surface area contributed by atoms with Gasteiger partial charge in [-0.1, -0.05) is 11.3 Å². The number of carbonyl (C=O) groups is 1. The van der Waals surface area contributed by atoms with E-state index >= 15 is 0 Å². The van der Waals surface area contributed by atoms with Crippen LogP contribution in [-0.4, -0.2) is 48.6 Å². The molecule has 128 valence electrons. The van der Waals surface area contributed by atoms with E-state index in [1.165, 1.54) is 10.3 Å². The zero-order valence-corrected chi connectivity index (χ0v) is 15.0. The largest absolute Gasteiger partial charge is 0.369 e. The van der Waals surface area contributed by atoms with Gasteiger partial charge in [-0.2, -0.15) is 0 Å². The van der Waals surface area contributed by atoms with Crippen LogP contribution in [0.3, 0.4) is 0 Å². The molecule has 1 amide bonds. The number of piperazine rings is 1. The molecule has 0 bridgehead atoms. The average molecular weight is 346 g/mol. The summed E-state index contributed by atoms with van der Waals surface area (Å²) in [6.07, 6.45) is 0. The number of nitrogens with one attached hydrogen (secondary N) is 1. The van der Waals surface area contributed by atoms with Gasteiger partial charge in [0.25, 0.3) is 5.91 Å². The molecule has 1 aromatic carbocycles. The number of carbonyl (C=O) groups excluding carboxylic acids is 1. The molecule has 0 unspecified atom stereocenters. The highest BCUT2D eigenvalue weighted by Gasteiger charge is 2.17. The summed E-state index contributed by atoms with van der Waals surface area (Å²) in [4.78, 5) is 29.0. The van der Waals surface area contributed by atoms with E-state index < -0.39 is 0 Å². The fourth-order valence-corrected chi connectivity index (χ4v) is 3.61.